The number of nitrogens with one attached hydrogen (secondary N) is 1. The van der Waals surface area contributed by atoms with Crippen LogP contribution in [0.15, 0.2) is 72.2 Å². The van der Waals surface area contributed by atoms with Gasteiger partial charge in [-0.25, -0.2) is 4.98 Å². The molecule has 29 heavy (non-hydrogen) atoms. The Bertz CT molecular complexity index is 1100. The van der Waals surface area contributed by atoms with E-state index in [0.29, 0.717) is 25.7 Å². The van der Waals surface area contributed by atoms with Gasteiger partial charge in [0.05, 0.1) is 19.3 Å². The van der Waals surface area contributed by atoms with Crippen molar-refractivity contribution >= 4 is 33.2 Å². The molecule has 0 amide bonds. The Morgan fingerprint density at radius 1 is 1.07 bits per heavy atom. The Hall–Kier alpha value is -2.96. The minimum absolute atomic E-state index is 0.161. The van der Waals surface area contributed by atoms with E-state index in [0.717, 1.165) is 12.4 Å². The van der Waals surface area contributed by atoms with E-state index < -0.39 is 0 Å². The van der Waals surface area contributed by atoms with Crippen LogP contribution in [0.3, 0.4) is 0 Å². The van der Waals surface area contributed by atoms with Crippen LogP contribution in [0.25, 0.3) is 10.1 Å². The molecule has 146 valence electrons. The summed E-state index contributed by atoms with van der Waals surface area (Å²) in [5.41, 5.74) is 2.51. The lowest BCUT2D eigenvalue weighted by molar-refractivity contribution is 0.0937. The van der Waals surface area contributed by atoms with Crippen molar-refractivity contribution in [3.05, 3.63) is 83.4 Å². The predicted molar refractivity (Wildman–Crippen MR) is 119 cm³/mol. The number of benzene rings is 2. The van der Waals surface area contributed by atoms with Gasteiger partial charge in [0.1, 0.15) is 5.82 Å². The maximum absolute atomic E-state index is 5.76. The number of morpholine rings is 1. The molecular formula is C23H22N4OS. The number of anilines is 2. The lowest BCUT2D eigenvalue weighted by Gasteiger charge is -2.36. The fourth-order valence-corrected chi connectivity index (χ4v) is 4.73. The molecule has 1 aliphatic heterocycles. The SMILES string of the molecule is c1ccc(C2COCCN2c2ccnc(NCc3csc4ccccc34)n2)cc1. The van der Waals surface area contributed by atoms with E-state index in [9.17, 15) is 0 Å². The molecule has 0 aliphatic carbocycles. The van der Waals surface area contributed by atoms with Gasteiger partial charge in [0.25, 0.3) is 0 Å². The summed E-state index contributed by atoms with van der Waals surface area (Å²) in [6.07, 6.45) is 1.83. The minimum atomic E-state index is 0.161. The molecule has 2 aromatic carbocycles. The monoisotopic (exact) mass is 402 g/mol. The van der Waals surface area contributed by atoms with Gasteiger partial charge in [-0.15, -0.1) is 11.3 Å². The third-order valence-electron chi connectivity index (χ3n) is 5.25. The second-order valence-electron chi connectivity index (χ2n) is 7.04. The van der Waals surface area contributed by atoms with E-state index in [2.05, 4.69) is 69.1 Å². The molecule has 1 saturated heterocycles. The first-order valence-corrected chi connectivity index (χ1v) is 10.7. The highest BCUT2D eigenvalue weighted by atomic mass is 32.1. The van der Waals surface area contributed by atoms with Crippen LogP contribution in [0.1, 0.15) is 17.2 Å². The van der Waals surface area contributed by atoms with Crippen molar-refractivity contribution in [1.29, 1.82) is 0 Å². The molecule has 1 N–H and O–H groups in total. The zero-order chi connectivity index (χ0) is 19.5. The number of thiophene rings is 1. The Kier molecular flexibility index (Phi) is 5.11. The van der Waals surface area contributed by atoms with Gasteiger partial charge in [-0.2, -0.15) is 4.98 Å². The Labute approximate surface area is 174 Å². The molecule has 5 nitrogen and oxygen atoms in total. The van der Waals surface area contributed by atoms with Crippen LogP contribution in [0.2, 0.25) is 0 Å². The van der Waals surface area contributed by atoms with Gasteiger partial charge in [0.15, 0.2) is 0 Å². The second kappa shape index (κ2) is 8.19. The molecule has 1 fully saturated rings. The summed E-state index contributed by atoms with van der Waals surface area (Å²) in [5.74, 6) is 1.57. The normalized spacial score (nSPS) is 16.8. The van der Waals surface area contributed by atoms with Gasteiger partial charge < -0.3 is 15.0 Å². The first-order chi connectivity index (χ1) is 14.4. The van der Waals surface area contributed by atoms with Crippen molar-refractivity contribution in [1.82, 2.24) is 9.97 Å². The van der Waals surface area contributed by atoms with E-state index in [-0.39, 0.29) is 6.04 Å². The molecule has 4 aromatic rings. The molecule has 0 bridgehead atoms. The molecule has 0 spiro atoms. The van der Waals surface area contributed by atoms with Crippen LogP contribution in [0, 0.1) is 0 Å². The maximum atomic E-state index is 5.76. The Morgan fingerprint density at radius 3 is 2.86 bits per heavy atom. The first-order valence-electron chi connectivity index (χ1n) is 9.80. The molecule has 1 unspecified atom stereocenters. The van der Waals surface area contributed by atoms with Crippen LogP contribution in [0.5, 0.6) is 0 Å². The van der Waals surface area contributed by atoms with Crippen LogP contribution < -0.4 is 10.2 Å². The molecule has 0 saturated carbocycles. The zero-order valence-electron chi connectivity index (χ0n) is 16.0. The van der Waals surface area contributed by atoms with Crippen molar-refractivity contribution in [3.8, 4) is 0 Å². The molecule has 1 aliphatic rings. The maximum Gasteiger partial charge on any atom is 0.224 e. The van der Waals surface area contributed by atoms with Crippen molar-refractivity contribution in [2.45, 2.75) is 12.6 Å². The molecule has 0 radical (unpaired) electrons. The van der Waals surface area contributed by atoms with Crippen molar-refractivity contribution in [2.24, 2.45) is 0 Å². The first kappa shape index (κ1) is 18.1. The number of fused-ring (bicyclic) bond motifs is 1. The van der Waals surface area contributed by atoms with Crippen molar-refractivity contribution < 1.29 is 4.74 Å². The van der Waals surface area contributed by atoms with Gasteiger partial charge in [0, 0.05) is 24.0 Å². The topological polar surface area (TPSA) is 50.3 Å². The van der Waals surface area contributed by atoms with E-state index >= 15 is 0 Å². The minimum Gasteiger partial charge on any atom is -0.377 e. The largest absolute Gasteiger partial charge is 0.377 e. The highest BCUT2D eigenvalue weighted by Gasteiger charge is 2.26. The number of hydrogen-bond donors (Lipinski definition) is 1. The third-order valence-corrected chi connectivity index (χ3v) is 6.26. The molecule has 2 aromatic heterocycles. The summed E-state index contributed by atoms with van der Waals surface area (Å²) in [6, 6.07) is 21.1. The molecular weight excluding hydrogens is 380 g/mol. The summed E-state index contributed by atoms with van der Waals surface area (Å²) in [7, 11) is 0. The van der Waals surface area contributed by atoms with Crippen LogP contribution >= 0.6 is 11.3 Å². The summed E-state index contributed by atoms with van der Waals surface area (Å²) < 4.78 is 7.06. The average molecular weight is 403 g/mol. The van der Waals surface area contributed by atoms with Gasteiger partial charge in [-0.1, -0.05) is 48.5 Å². The highest BCUT2D eigenvalue weighted by molar-refractivity contribution is 7.17. The average Bonchev–Trinajstić information content (AvgIpc) is 3.22. The third kappa shape index (κ3) is 3.81. The van der Waals surface area contributed by atoms with E-state index in [4.69, 9.17) is 9.72 Å². The summed E-state index contributed by atoms with van der Waals surface area (Å²) >= 11 is 1.77. The Morgan fingerprint density at radius 2 is 1.93 bits per heavy atom. The smallest absolute Gasteiger partial charge is 0.224 e. The number of rotatable bonds is 5. The van der Waals surface area contributed by atoms with Crippen LogP contribution in [0.4, 0.5) is 11.8 Å². The van der Waals surface area contributed by atoms with Gasteiger partial charge in [0.2, 0.25) is 5.95 Å². The van der Waals surface area contributed by atoms with Crippen LogP contribution in [-0.4, -0.2) is 29.7 Å². The Balaban J connectivity index is 1.36. The van der Waals surface area contributed by atoms with Gasteiger partial charge in [-0.3, -0.25) is 0 Å². The second-order valence-corrected chi connectivity index (χ2v) is 7.96. The number of hydrogen-bond acceptors (Lipinski definition) is 6. The lowest BCUT2D eigenvalue weighted by atomic mass is 10.1. The summed E-state index contributed by atoms with van der Waals surface area (Å²) in [5, 5.41) is 6.89. The lowest BCUT2D eigenvalue weighted by Crippen LogP contribution is -2.40. The number of aromatic nitrogens is 2. The molecule has 1 atom stereocenters. The summed E-state index contributed by atoms with van der Waals surface area (Å²) in [4.78, 5) is 11.5. The standard InChI is InChI=1S/C23H22N4OS/c1-2-6-17(7-3-1)20-15-28-13-12-27(20)22-10-11-24-23(26-22)25-14-18-16-29-21-9-5-4-8-19(18)21/h1-11,16,20H,12-15H2,(H,24,25,26). The fourth-order valence-electron chi connectivity index (χ4n) is 3.77. The number of nitrogens with zero attached hydrogens (tertiary/aromatic N) is 3. The molecule has 3 heterocycles. The van der Waals surface area contributed by atoms with E-state index in [1.165, 1.54) is 21.2 Å². The highest BCUT2D eigenvalue weighted by Crippen LogP contribution is 2.29. The molecule has 5 rings (SSSR count). The predicted octanol–water partition coefficient (Wildman–Crippen LogP) is 4.88. The van der Waals surface area contributed by atoms with Gasteiger partial charge in [-0.05, 0) is 34.0 Å². The van der Waals surface area contributed by atoms with Gasteiger partial charge >= 0.3 is 0 Å². The number of ether oxygens (including phenoxy) is 1. The van der Waals surface area contributed by atoms with Crippen molar-refractivity contribution in [2.75, 3.05) is 30.0 Å². The quantitative estimate of drug-likeness (QED) is 0.516. The molecule has 6 heteroatoms. The van der Waals surface area contributed by atoms with E-state index in [1.807, 2.05) is 18.3 Å². The van der Waals surface area contributed by atoms with E-state index in [1.54, 1.807) is 11.3 Å². The van der Waals surface area contributed by atoms with Crippen LogP contribution in [-0.2, 0) is 11.3 Å². The van der Waals surface area contributed by atoms with Crippen molar-refractivity contribution in [3.63, 3.8) is 0 Å². The fraction of sp³-hybridized carbons (Fsp3) is 0.217. The summed E-state index contributed by atoms with van der Waals surface area (Å²) in [6.45, 7) is 2.89. The zero-order valence-corrected chi connectivity index (χ0v) is 16.8.